The number of carboxylic acid groups (broad SMARTS) is 1. The maximum absolute atomic E-state index is 13.8. The lowest BCUT2D eigenvalue weighted by Gasteiger charge is -2.28. The highest BCUT2D eigenvalue weighted by atomic mass is 19.1. The summed E-state index contributed by atoms with van der Waals surface area (Å²) >= 11 is 0. The van der Waals surface area contributed by atoms with Gasteiger partial charge in [-0.3, -0.25) is 0 Å². The second-order valence-electron chi connectivity index (χ2n) is 4.97. The third-order valence-corrected chi connectivity index (χ3v) is 3.83. The number of aliphatic carboxylic acids is 1. The molecule has 2 N–H and O–H groups in total. The van der Waals surface area contributed by atoms with Crippen LogP contribution in [0.4, 0.5) is 10.1 Å². The number of carboxylic acids is 1. The fraction of sp³-hybridized carbons (Fsp3) is 0.188. The lowest BCUT2D eigenvalue weighted by molar-refractivity contribution is -0.142. The molecule has 4 heteroatoms. The molecule has 1 aliphatic rings. The van der Waals surface area contributed by atoms with Crippen LogP contribution in [0.15, 0.2) is 48.5 Å². The van der Waals surface area contributed by atoms with E-state index in [2.05, 4.69) is 5.32 Å². The first-order valence-electron chi connectivity index (χ1n) is 6.48. The van der Waals surface area contributed by atoms with Crippen molar-refractivity contribution in [3.05, 3.63) is 65.5 Å². The van der Waals surface area contributed by atoms with Gasteiger partial charge in [-0.25, -0.2) is 9.18 Å². The molecule has 0 spiro atoms. The molecule has 2 aromatic rings. The van der Waals surface area contributed by atoms with E-state index in [1.165, 1.54) is 6.07 Å². The van der Waals surface area contributed by atoms with E-state index in [4.69, 9.17) is 0 Å². The normalized spacial score (nSPS) is 20.4. The standard InChI is InChI=1S/C16H14FNO2/c17-14-8-4-7-13-12(14)9-10-16(13,15(19)20)18-11-5-2-1-3-6-11/h1-8,18H,9-10H2,(H,19,20). The minimum Gasteiger partial charge on any atom is -0.479 e. The van der Waals surface area contributed by atoms with Crippen LogP contribution in [-0.2, 0) is 16.8 Å². The van der Waals surface area contributed by atoms with Gasteiger partial charge in [0.2, 0.25) is 0 Å². The van der Waals surface area contributed by atoms with Crippen LogP contribution in [0.5, 0.6) is 0 Å². The zero-order valence-corrected chi connectivity index (χ0v) is 10.8. The number of para-hydroxylation sites is 1. The van der Waals surface area contributed by atoms with E-state index in [0.29, 0.717) is 29.7 Å². The minimum absolute atomic E-state index is 0.333. The maximum atomic E-state index is 13.8. The van der Waals surface area contributed by atoms with Crippen LogP contribution in [-0.4, -0.2) is 11.1 Å². The highest BCUT2D eigenvalue weighted by Crippen LogP contribution is 2.40. The Morgan fingerprint density at radius 2 is 1.90 bits per heavy atom. The number of halogens is 1. The summed E-state index contributed by atoms with van der Waals surface area (Å²) in [4.78, 5) is 11.8. The van der Waals surface area contributed by atoms with Gasteiger partial charge >= 0.3 is 5.97 Å². The van der Waals surface area contributed by atoms with Crippen LogP contribution >= 0.6 is 0 Å². The number of carbonyl (C=O) groups is 1. The SMILES string of the molecule is O=C(O)C1(Nc2ccccc2)CCc2c(F)cccc21. The van der Waals surface area contributed by atoms with Crippen molar-refractivity contribution >= 4 is 11.7 Å². The molecule has 3 rings (SSSR count). The second kappa shape index (κ2) is 4.63. The van der Waals surface area contributed by atoms with E-state index in [9.17, 15) is 14.3 Å². The Morgan fingerprint density at radius 3 is 2.60 bits per heavy atom. The fourth-order valence-electron chi connectivity index (χ4n) is 2.83. The van der Waals surface area contributed by atoms with Gasteiger partial charge in [-0.05, 0) is 42.2 Å². The van der Waals surface area contributed by atoms with E-state index >= 15 is 0 Å². The minimum atomic E-state index is -1.25. The van der Waals surface area contributed by atoms with Crippen molar-refractivity contribution in [1.82, 2.24) is 0 Å². The molecule has 0 saturated heterocycles. The number of rotatable bonds is 3. The van der Waals surface area contributed by atoms with Crippen molar-refractivity contribution < 1.29 is 14.3 Å². The summed E-state index contributed by atoms with van der Waals surface area (Å²) in [6.07, 6.45) is 0.766. The average Bonchev–Trinajstić information content (AvgIpc) is 2.82. The lowest BCUT2D eigenvalue weighted by Crippen LogP contribution is -2.41. The van der Waals surface area contributed by atoms with Crippen LogP contribution < -0.4 is 5.32 Å². The molecule has 102 valence electrons. The number of benzene rings is 2. The molecule has 2 aromatic carbocycles. The van der Waals surface area contributed by atoms with Gasteiger partial charge in [0.15, 0.2) is 5.54 Å². The highest BCUT2D eigenvalue weighted by molar-refractivity contribution is 5.86. The molecule has 0 amide bonds. The topological polar surface area (TPSA) is 49.3 Å². The van der Waals surface area contributed by atoms with Crippen molar-refractivity contribution in [3.63, 3.8) is 0 Å². The number of nitrogens with one attached hydrogen (secondary N) is 1. The Morgan fingerprint density at radius 1 is 1.15 bits per heavy atom. The largest absolute Gasteiger partial charge is 0.479 e. The Balaban J connectivity index is 2.09. The van der Waals surface area contributed by atoms with Gasteiger partial charge in [-0.15, -0.1) is 0 Å². The van der Waals surface area contributed by atoms with Crippen LogP contribution in [0.2, 0.25) is 0 Å². The molecule has 3 nitrogen and oxygen atoms in total. The molecule has 0 heterocycles. The average molecular weight is 271 g/mol. The van der Waals surface area contributed by atoms with Gasteiger partial charge in [0.1, 0.15) is 5.82 Å². The second-order valence-corrected chi connectivity index (χ2v) is 4.97. The van der Waals surface area contributed by atoms with E-state index < -0.39 is 11.5 Å². The number of hydrogen-bond donors (Lipinski definition) is 2. The van der Waals surface area contributed by atoms with Gasteiger partial charge in [0, 0.05) is 5.69 Å². The van der Waals surface area contributed by atoms with Crippen molar-refractivity contribution in [2.75, 3.05) is 5.32 Å². The summed E-state index contributed by atoms with van der Waals surface area (Å²) in [5.41, 5.74) is 0.484. The van der Waals surface area contributed by atoms with Crippen LogP contribution in [0, 0.1) is 5.82 Å². The number of hydrogen-bond acceptors (Lipinski definition) is 2. The first-order valence-corrected chi connectivity index (χ1v) is 6.48. The molecule has 1 aliphatic carbocycles. The molecule has 20 heavy (non-hydrogen) atoms. The molecular weight excluding hydrogens is 257 g/mol. The van der Waals surface area contributed by atoms with Gasteiger partial charge < -0.3 is 10.4 Å². The smallest absolute Gasteiger partial charge is 0.334 e. The third-order valence-electron chi connectivity index (χ3n) is 3.83. The fourth-order valence-corrected chi connectivity index (χ4v) is 2.83. The molecular formula is C16H14FNO2. The molecule has 1 atom stereocenters. The van der Waals surface area contributed by atoms with Gasteiger partial charge in [-0.1, -0.05) is 30.3 Å². The first-order chi connectivity index (χ1) is 9.63. The molecule has 0 saturated carbocycles. The summed E-state index contributed by atoms with van der Waals surface area (Å²) in [5, 5.41) is 12.7. The molecule has 1 unspecified atom stereocenters. The Bertz CT molecular complexity index is 657. The Hall–Kier alpha value is -2.36. The zero-order chi connectivity index (χ0) is 14.2. The molecule has 0 aromatic heterocycles. The van der Waals surface area contributed by atoms with E-state index in [-0.39, 0.29) is 5.82 Å². The molecule has 0 fully saturated rings. The summed E-state index contributed by atoms with van der Waals surface area (Å²) in [7, 11) is 0. The van der Waals surface area contributed by atoms with Gasteiger partial charge in [-0.2, -0.15) is 0 Å². The predicted octanol–water partition coefficient (Wildman–Crippen LogP) is 3.16. The number of fused-ring (bicyclic) bond motifs is 1. The van der Waals surface area contributed by atoms with Gasteiger partial charge in [0.05, 0.1) is 0 Å². The number of anilines is 1. The summed E-state index contributed by atoms with van der Waals surface area (Å²) in [6, 6.07) is 13.8. The lowest BCUT2D eigenvalue weighted by atomic mass is 9.91. The quantitative estimate of drug-likeness (QED) is 0.901. The van der Waals surface area contributed by atoms with E-state index in [0.717, 1.165) is 0 Å². The first kappa shape index (κ1) is 12.7. The van der Waals surface area contributed by atoms with Crippen molar-refractivity contribution in [2.24, 2.45) is 0 Å². The van der Waals surface area contributed by atoms with Crippen LogP contribution in [0.3, 0.4) is 0 Å². The predicted molar refractivity (Wildman–Crippen MR) is 74.1 cm³/mol. The van der Waals surface area contributed by atoms with Crippen molar-refractivity contribution in [2.45, 2.75) is 18.4 Å². The molecule has 0 radical (unpaired) electrons. The molecule has 0 aliphatic heterocycles. The maximum Gasteiger partial charge on any atom is 0.334 e. The van der Waals surface area contributed by atoms with Crippen LogP contribution in [0.25, 0.3) is 0 Å². The summed E-state index contributed by atoms with van der Waals surface area (Å²) in [6.45, 7) is 0. The van der Waals surface area contributed by atoms with Crippen LogP contribution in [0.1, 0.15) is 17.5 Å². The Labute approximate surface area is 116 Å². The van der Waals surface area contributed by atoms with E-state index in [1.54, 1.807) is 12.1 Å². The Kier molecular flexibility index (Phi) is 2.93. The van der Waals surface area contributed by atoms with E-state index in [1.807, 2.05) is 30.3 Å². The summed E-state index contributed by atoms with van der Waals surface area (Å²) < 4.78 is 13.8. The van der Waals surface area contributed by atoms with Crippen molar-refractivity contribution in [1.29, 1.82) is 0 Å². The zero-order valence-electron chi connectivity index (χ0n) is 10.8. The monoisotopic (exact) mass is 271 g/mol. The third kappa shape index (κ3) is 1.84. The summed E-state index contributed by atoms with van der Waals surface area (Å²) in [5.74, 6) is -1.31. The highest BCUT2D eigenvalue weighted by Gasteiger charge is 2.46. The molecule has 0 bridgehead atoms. The van der Waals surface area contributed by atoms with Gasteiger partial charge in [0.25, 0.3) is 0 Å². The van der Waals surface area contributed by atoms with Crippen molar-refractivity contribution in [3.8, 4) is 0 Å².